The van der Waals surface area contributed by atoms with Gasteiger partial charge in [-0.3, -0.25) is 4.98 Å². The van der Waals surface area contributed by atoms with Crippen molar-refractivity contribution in [3.05, 3.63) is 36.0 Å². The van der Waals surface area contributed by atoms with Gasteiger partial charge < -0.3 is 10.2 Å². The lowest BCUT2D eigenvalue weighted by atomic mass is 10.0. The zero-order valence-corrected chi connectivity index (χ0v) is 12.3. The summed E-state index contributed by atoms with van der Waals surface area (Å²) in [6.45, 7) is 5.13. The lowest BCUT2D eigenvalue weighted by molar-refractivity contribution is 0.435. The average Bonchev–Trinajstić information content (AvgIpc) is 2.56. The number of nitrogens with zero attached hydrogens (tertiary/aromatic N) is 3. The number of nitrogens with one attached hydrogen (secondary N) is 1. The van der Waals surface area contributed by atoms with E-state index in [1.165, 1.54) is 12.8 Å². The van der Waals surface area contributed by atoms with Gasteiger partial charge in [0.2, 0.25) is 0 Å². The van der Waals surface area contributed by atoms with E-state index in [0.29, 0.717) is 11.6 Å². The highest BCUT2D eigenvalue weighted by atomic mass is 15.2. The number of piperidine rings is 1. The minimum atomic E-state index is 0.446. The van der Waals surface area contributed by atoms with Gasteiger partial charge in [-0.2, -0.15) is 5.26 Å². The SMILES string of the molecule is CCN(c1c(C#N)cnc2ccccc12)C1CCCNC1. The summed E-state index contributed by atoms with van der Waals surface area (Å²) < 4.78 is 0. The van der Waals surface area contributed by atoms with Crippen molar-refractivity contribution in [2.24, 2.45) is 0 Å². The number of likely N-dealkylation sites (N-methyl/N-ethyl adjacent to an activating group) is 1. The molecule has 0 spiro atoms. The second kappa shape index (κ2) is 6.11. The average molecular weight is 280 g/mol. The van der Waals surface area contributed by atoms with Crippen LogP contribution in [0.15, 0.2) is 30.5 Å². The predicted octanol–water partition coefficient (Wildman–Crippen LogP) is 2.68. The fraction of sp³-hybridized carbons (Fsp3) is 0.412. The Morgan fingerprint density at radius 1 is 1.43 bits per heavy atom. The maximum atomic E-state index is 9.49. The Morgan fingerprint density at radius 2 is 2.29 bits per heavy atom. The second-order valence-electron chi connectivity index (χ2n) is 5.44. The summed E-state index contributed by atoms with van der Waals surface area (Å²) in [6.07, 6.45) is 4.06. The smallest absolute Gasteiger partial charge is 0.103 e. The zero-order valence-electron chi connectivity index (χ0n) is 12.3. The number of pyridine rings is 1. The molecular weight excluding hydrogens is 260 g/mol. The highest BCUT2D eigenvalue weighted by molar-refractivity contribution is 5.94. The van der Waals surface area contributed by atoms with Crippen molar-refractivity contribution in [3.8, 4) is 6.07 Å². The third-order valence-electron chi connectivity index (χ3n) is 4.21. The summed E-state index contributed by atoms with van der Waals surface area (Å²) in [5, 5.41) is 14.0. The molecule has 1 aromatic carbocycles. The molecule has 0 aliphatic carbocycles. The van der Waals surface area contributed by atoms with E-state index >= 15 is 0 Å². The predicted molar refractivity (Wildman–Crippen MR) is 85.4 cm³/mol. The van der Waals surface area contributed by atoms with Gasteiger partial charge in [-0.1, -0.05) is 18.2 Å². The second-order valence-corrected chi connectivity index (χ2v) is 5.44. The Kier molecular flexibility index (Phi) is 4.03. The van der Waals surface area contributed by atoms with E-state index in [4.69, 9.17) is 0 Å². The Labute approximate surface area is 125 Å². The van der Waals surface area contributed by atoms with Gasteiger partial charge in [0.05, 0.1) is 16.8 Å². The van der Waals surface area contributed by atoms with Gasteiger partial charge in [0.25, 0.3) is 0 Å². The molecule has 108 valence electrons. The number of anilines is 1. The van der Waals surface area contributed by atoms with Gasteiger partial charge in [0.15, 0.2) is 0 Å². The van der Waals surface area contributed by atoms with E-state index in [9.17, 15) is 5.26 Å². The van der Waals surface area contributed by atoms with Gasteiger partial charge in [0.1, 0.15) is 6.07 Å². The number of hydrogen-bond donors (Lipinski definition) is 1. The van der Waals surface area contributed by atoms with Crippen molar-refractivity contribution in [1.29, 1.82) is 5.26 Å². The van der Waals surface area contributed by atoms with Crippen molar-refractivity contribution in [2.45, 2.75) is 25.8 Å². The Hall–Kier alpha value is -2.12. The molecule has 2 aromatic rings. The van der Waals surface area contributed by atoms with Crippen LogP contribution >= 0.6 is 0 Å². The molecule has 2 heterocycles. The quantitative estimate of drug-likeness (QED) is 0.939. The molecule has 1 fully saturated rings. The van der Waals surface area contributed by atoms with Gasteiger partial charge in [0, 0.05) is 30.7 Å². The number of nitriles is 1. The maximum absolute atomic E-state index is 9.49. The van der Waals surface area contributed by atoms with Crippen molar-refractivity contribution in [3.63, 3.8) is 0 Å². The molecule has 1 aliphatic rings. The van der Waals surface area contributed by atoms with Gasteiger partial charge >= 0.3 is 0 Å². The van der Waals surface area contributed by atoms with Crippen LogP contribution in [0, 0.1) is 11.3 Å². The monoisotopic (exact) mass is 280 g/mol. The molecule has 21 heavy (non-hydrogen) atoms. The lowest BCUT2D eigenvalue weighted by Gasteiger charge is -2.36. The normalized spacial score (nSPS) is 18.4. The van der Waals surface area contributed by atoms with E-state index in [1.54, 1.807) is 6.20 Å². The van der Waals surface area contributed by atoms with Crippen LogP contribution in [0.3, 0.4) is 0 Å². The summed E-state index contributed by atoms with van der Waals surface area (Å²) >= 11 is 0. The van der Waals surface area contributed by atoms with Crippen LogP contribution in [-0.2, 0) is 0 Å². The molecule has 1 saturated heterocycles. The molecule has 4 nitrogen and oxygen atoms in total. The highest BCUT2D eigenvalue weighted by Crippen LogP contribution is 2.31. The van der Waals surface area contributed by atoms with Crippen LogP contribution in [-0.4, -0.2) is 30.7 Å². The van der Waals surface area contributed by atoms with Crippen molar-refractivity contribution in [2.75, 3.05) is 24.5 Å². The number of aromatic nitrogens is 1. The fourth-order valence-electron chi connectivity index (χ4n) is 3.22. The number of rotatable bonds is 3. The van der Waals surface area contributed by atoms with Crippen LogP contribution < -0.4 is 10.2 Å². The van der Waals surface area contributed by atoms with Crippen molar-refractivity contribution >= 4 is 16.6 Å². The molecule has 1 unspecified atom stereocenters. The summed E-state index contributed by atoms with van der Waals surface area (Å²) in [5.41, 5.74) is 2.66. The molecule has 1 aromatic heterocycles. The first kappa shape index (κ1) is 13.8. The van der Waals surface area contributed by atoms with Crippen LogP contribution in [0.2, 0.25) is 0 Å². The summed E-state index contributed by atoms with van der Waals surface area (Å²) in [5.74, 6) is 0. The molecular formula is C17H20N4. The Bertz CT molecular complexity index is 668. The van der Waals surface area contributed by atoms with Gasteiger partial charge in [-0.25, -0.2) is 0 Å². The summed E-state index contributed by atoms with van der Waals surface area (Å²) in [7, 11) is 0. The number of fused-ring (bicyclic) bond motifs is 1. The molecule has 0 amide bonds. The number of hydrogen-bond acceptors (Lipinski definition) is 4. The van der Waals surface area contributed by atoms with E-state index < -0.39 is 0 Å². The van der Waals surface area contributed by atoms with E-state index in [0.717, 1.165) is 36.2 Å². The largest absolute Gasteiger partial charge is 0.366 e. The molecule has 1 aliphatic heterocycles. The molecule has 3 rings (SSSR count). The number of para-hydroxylation sites is 1. The number of benzene rings is 1. The first-order valence-electron chi connectivity index (χ1n) is 7.60. The molecule has 1 atom stereocenters. The van der Waals surface area contributed by atoms with E-state index in [1.807, 2.05) is 18.2 Å². The molecule has 0 radical (unpaired) electrons. The van der Waals surface area contributed by atoms with E-state index in [2.05, 4.69) is 34.3 Å². The zero-order chi connectivity index (χ0) is 14.7. The highest BCUT2D eigenvalue weighted by Gasteiger charge is 2.23. The first-order chi connectivity index (χ1) is 10.3. The van der Waals surface area contributed by atoms with E-state index in [-0.39, 0.29) is 0 Å². The van der Waals surface area contributed by atoms with Gasteiger partial charge in [-0.05, 0) is 32.4 Å². The van der Waals surface area contributed by atoms with Crippen LogP contribution in [0.25, 0.3) is 10.9 Å². The molecule has 4 heteroatoms. The fourth-order valence-corrected chi connectivity index (χ4v) is 3.22. The summed E-state index contributed by atoms with van der Waals surface area (Å²) in [4.78, 5) is 6.78. The molecule has 0 bridgehead atoms. The third-order valence-corrected chi connectivity index (χ3v) is 4.21. The van der Waals surface area contributed by atoms with Crippen molar-refractivity contribution < 1.29 is 0 Å². The van der Waals surface area contributed by atoms with Crippen LogP contribution in [0.4, 0.5) is 5.69 Å². The standard InChI is InChI=1S/C17H20N4/c1-2-21(14-6-5-9-19-12-14)17-13(10-18)11-20-16-8-4-3-7-15(16)17/h3-4,7-8,11,14,19H,2,5-6,9,12H2,1H3. The maximum Gasteiger partial charge on any atom is 0.103 e. The van der Waals surface area contributed by atoms with Gasteiger partial charge in [-0.15, -0.1) is 0 Å². The minimum Gasteiger partial charge on any atom is -0.366 e. The Balaban J connectivity index is 2.13. The third kappa shape index (κ3) is 2.57. The van der Waals surface area contributed by atoms with Crippen LogP contribution in [0.1, 0.15) is 25.3 Å². The topological polar surface area (TPSA) is 52.0 Å². The lowest BCUT2D eigenvalue weighted by Crippen LogP contribution is -2.46. The summed E-state index contributed by atoms with van der Waals surface area (Å²) in [6, 6.07) is 10.8. The molecule has 1 N–H and O–H groups in total. The first-order valence-corrected chi connectivity index (χ1v) is 7.60. The van der Waals surface area contributed by atoms with Crippen LogP contribution in [0.5, 0.6) is 0 Å². The molecule has 0 saturated carbocycles. The Morgan fingerprint density at radius 3 is 3.00 bits per heavy atom. The minimum absolute atomic E-state index is 0.446. The van der Waals surface area contributed by atoms with Crippen molar-refractivity contribution in [1.82, 2.24) is 10.3 Å².